The van der Waals surface area contributed by atoms with E-state index < -0.39 is 0 Å². The summed E-state index contributed by atoms with van der Waals surface area (Å²) in [7, 11) is 0. The van der Waals surface area contributed by atoms with Crippen molar-refractivity contribution < 1.29 is 4.84 Å². The van der Waals surface area contributed by atoms with E-state index in [0.29, 0.717) is 6.61 Å². The third kappa shape index (κ3) is 1.63. The Kier molecular flexibility index (Phi) is 2.49. The molecule has 2 aromatic heterocycles. The van der Waals surface area contributed by atoms with Crippen LogP contribution in [0.3, 0.4) is 0 Å². The number of imidazole rings is 1. The number of hydrogen-bond donors (Lipinski definition) is 0. The molecule has 0 radical (unpaired) electrons. The molecule has 0 amide bonds. The maximum atomic E-state index is 5.40. The molecule has 0 aromatic carbocycles. The van der Waals surface area contributed by atoms with Gasteiger partial charge in [0.15, 0.2) is 5.01 Å². The van der Waals surface area contributed by atoms with Gasteiger partial charge in [0.2, 0.25) is 5.82 Å². The molecule has 0 N–H and O–H groups in total. The molecule has 0 aliphatic carbocycles. The van der Waals surface area contributed by atoms with Gasteiger partial charge in [-0.25, -0.2) is 9.97 Å². The summed E-state index contributed by atoms with van der Waals surface area (Å²) < 4.78 is 1.67. The zero-order valence-corrected chi connectivity index (χ0v) is 8.91. The third-order valence-corrected chi connectivity index (χ3v) is 2.46. The second-order valence-corrected chi connectivity index (χ2v) is 3.68. The lowest BCUT2D eigenvalue weighted by atomic mass is 10.6. The van der Waals surface area contributed by atoms with E-state index in [4.69, 9.17) is 4.84 Å². The first-order chi connectivity index (χ1) is 6.81. The lowest BCUT2D eigenvalue weighted by molar-refractivity contribution is 0.125. The fourth-order valence-corrected chi connectivity index (χ4v) is 1.80. The van der Waals surface area contributed by atoms with E-state index in [1.165, 1.54) is 0 Å². The highest BCUT2D eigenvalue weighted by Crippen LogP contribution is 2.19. The first kappa shape index (κ1) is 9.21. The Bertz CT molecular complexity index is 408. The van der Waals surface area contributed by atoms with Crippen LogP contribution in [0.5, 0.6) is 0 Å². The molecule has 0 spiro atoms. The Morgan fingerprint density at radius 1 is 1.57 bits per heavy atom. The molecule has 0 unspecified atom stereocenters. The fourth-order valence-electron chi connectivity index (χ4n) is 1.19. The predicted molar refractivity (Wildman–Crippen MR) is 55.2 cm³/mol. The van der Waals surface area contributed by atoms with Gasteiger partial charge in [-0.3, -0.25) is 0 Å². The highest BCUT2D eigenvalue weighted by molar-refractivity contribution is 7.13. The van der Waals surface area contributed by atoms with Crippen molar-refractivity contribution in [3.05, 3.63) is 23.5 Å². The van der Waals surface area contributed by atoms with Crippen LogP contribution >= 0.6 is 11.3 Å². The van der Waals surface area contributed by atoms with Crippen molar-refractivity contribution in [2.75, 3.05) is 6.61 Å². The van der Waals surface area contributed by atoms with E-state index in [-0.39, 0.29) is 0 Å². The van der Waals surface area contributed by atoms with Crippen molar-refractivity contribution >= 4 is 11.3 Å². The van der Waals surface area contributed by atoms with E-state index in [0.717, 1.165) is 16.5 Å². The van der Waals surface area contributed by atoms with Crippen LogP contribution in [0.1, 0.15) is 12.6 Å². The largest absolute Gasteiger partial charge is 0.412 e. The molecule has 0 fully saturated rings. The molecule has 5 heteroatoms. The van der Waals surface area contributed by atoms with Gasteiger partial charge in [-0.05, 0) is 13.8 Å². The lowest BCUT2D eigenvalue weighted by Gasteiger charge is -2.04. The predicted octanol–water partition coefficient (Wildman–Crippen LogP) is 1.76. The molecule has 2 aromatic rings. The number of nitrogens with zero attached hydrogens (tertiary/aromatic N) is 3. The summed E-state index contributed by atoms with van der Waals surface area (Å²) in [4.78, 5) is 14.0. The monoisotopic (exact) mass is 209 g/mol. The highest BCUT2D eigenvalue weighted by atomic mass is 32.1. The number of aryl methyl sites for hydroxylation is 1. The van der Waals surface area contributed by atoms with Crippen LogP contribution in [0.2, 0.25) is 0 Å². The van der Waals surface area contributed by atoms with E-state index >= 15 is 0 Å². The minimum Gasteiger partial charge on any atom is -0.412 e. The van der Waals surface area contributed by atoms with Crippen LogP contribution in [0.4, 0.5) is 0 Å². The van der Waals surface area contributed by atoms with E-state index in [9.17, 15) is 0 Å². The van der Waals surface area contributed by atoms with E-state index in [2.05, 4.69) is 9.97 Å². The second-order valence-electron chi connectivity index (χ2n) is 2.79. The summed E-state index contributed by atoms with van der Waals surface area (Å²) in [5.74, 6) is 0.777. The topological polar surface area (TPSA) is 39.9 Å². The van der Waals surface area contributed by atoms with Crippen LogP contribution in [-0.2, 0) is 0 Å². The van der Waals surface area contributed by atoms with Crippen LogP contribution in [0.25, 0.3) is 10.8 Å². The molecule has 0 aliphatic heterocycles. The van der Waals surface area contributed by atoms with Crippen LogP contribution in [0, 0.1) is 6.92 Å². The van der Waals surface area contributed by atoms with Crippen molar-refractivity contribution in [3.8, 4) is 10.8 Å². The Morgan fingerprint density at radius 3 is 3.07 bits per heavy atom. The molecule has 14 heavy (non-hydrogen) atoms. The zero-order chi connectivity index (χ0) is 9.97. The maximum Gasteiger partial charge on any atom is 0.204 e. The van der Waals surface area contributed by atoms with Crippen molar-refractivity contribution in [2.24, 2.45) is 0 Å². The number of rotatable bonds is 3. The molecular formula is C9H11N3OS. The van der Waals surface area contributed by atoms with Gasteiger partial charge in [0.05, 0.1) is 11.9 Å². The molecule has 0 bridgehead atoms. The highest BCUT2D eigenvalue weighted by Gasteiger charge is 2.10. The van der Waals surface area contributed by atoms with Gasteiger partial charge in [0.25, 0.3) is 0 Å². The molecule has 0 atom stereocenters. The van der Waals surface area contributed by atoms with Gasteiger partial charge in [-0.2, -0.15) is 4.73 Å². The minimum absolute atomic E-state index is 0.619. The van der Waals surface area contributed by atoms with Gasteiger partial charge in [-0.15, -0.1) is 11.3 Å². The first-order valence-corrected chi connectivity index (χ1v) is 5.28. The van der Waals surface area contributed by atoms with E-state index in [1.54, 1.807) is 22.3 Å². The summed E-state index contributed by atoms with van der Waals surface area (Å²) >= 11 is 1.55. The van der Waals surface area contributed by atoms with Crippen molar-refractivity contribution in [1.82, 2.24) is 14.7 Å². The van der Waals surface area contributed by atoms with Crippen molar-refractivity contribution in [2.45, 2.75) is 13.8 Å². The van der Waals surface area contributed by atoms with Gasteiger partial charge in [0.1, 0.15) is 6.61 Å². The second kappa shape index (κ2) is 3.79. The van der Waals surface area contributed by atoms with Crippen molar-refractivity contribution in [1.29, 1.82) is 0 Å². The maximum absolute atomic E-state index is 5.40. The summed E-state index contributed by atoms with van der Waals surface area (Å²) in [5.41, 5.74) is 0.934. The average molecular weight is 209 g/mol. The quantitative estimate of drug-likeness (QED) is 0.773. The smallest absolute Gasteiger partial charge is 0.204 e. The Hall–Kier alpha value is -1.36. The van der Waals surface area contributed by atoms with Crippen LogP contribution in [0.15, 0.2) is 17.8 Å². The van der Waals surface area contributed by atoms with E-state index in [1.807, 2.05) is 25.4 Å². The summed E-state index contributed by atoms with van der Waals surface area (Å²) in [5, 5.41) is 2.81. The Labute approximate surface area is 86.1 Å². The van der Waals surface area contributed by atoms with Gasteiger partial charge < -0.3 is 4.84 Å². The Morgan fingerprint density at radius 2 is 2.43 bits per heavy atom. The van der Waals surface area contributed by atoms with Crippen molar-refractivity contribution in [3.63, 3.8) is 0 Å². The fraction of sp³-hybridized carbons (Fsp3) is 0.333. The SMILES string of the molecule is CCOn1cc(C)nc1-c1nccs1. The molecule has 0 saturated carbocycles. The normalized spacial score (nSPS) is 10.4. The zero-order valence-electron chi connectivity index (χ0n) is 8.10. The molecule has 0 aliphatic rings. The van der Waals surface area contributed by atoms with Crippen LogP contribution in [-0.4, -0.2) is 21.3 Å². The molecule has 0 saturated heterocycles. The average Bonchev–Trinajstić information content (AvgIpc) is 2.74. The molecule has 2 rings (SSSR count). The molecule has 4 nitrogen and oxygen atoms in total. The van der Waals surface area contributed by atoms with Gasteiger partial charge in [-0.1, -0.05) is 0 Å². The summed E-state index contributed by atoms with van der Waals surface area (Å²) in [6, 6.07) is 0. The van der Waals surface area contributed by atoms with Gasteiger partial charge in [0, 0.05) is 11.6 Å². The molecule has 2 heterocycles. The van der Waals surface area contributed by atoms with Crippen LogP contribution < -0.4 is 4.84 Å². The lowest BCUT2D eigenvalue weighted by Crippen LogP contribution is -2.10. The number of hydrogen-bond acceptors (Lipinski definition) is 4. The molecule has 74 valence electrons. The number of aromatic nitrogens is 3. The summed E-state index contributed by atoms with van der Waals surface area (Å²) in [6.07, 6.45) is 3.63. The first-order valence-electron chi connectivity index (χ1n) is 4.40. The third-order valence-electron chi connectivity index (χ3n) is 1.69. The molecular weight excluding hydrogens is 198 g/mol. The number of thiazole rings is 1. The minimum atomic E-state index is 0.619. The Balaban J connectivity index is 2.41. The summed E-state index contributed by atoms with van der Waals surface area (Å²) in [6.45, 7) is 4.50. The van der Waals surface area contributed by atoms with Gasteiger partial charge >= 0.3 is 0 Å². The standard InChI is InChI=1S/C9H11N3OS/c1-3-13-12-6-7(2)11-8(12)9-10-4-5-14-9/h4-6H,3H2,1-2H3.